The number of hydrogen-bond donors (Lipinski definition) is 1. The van der Waals surface area contributed by atoms with E-state index in [1.165, 1.54) is 0 Å². The van der Waals surface area contributed by atoms with Crippen LogP contribution in [0.4, 0.5) is 5.69 Å². The number of nitrogens with zero attached hydrogens (tertiary/aromatic N) is 1. The van der Waals surface area contributed by atoms with Crippen LogP contribution in [0.15, 0.2) is 12.1 Å². The van der Waals surface area contributed by atoms with Gasteiger partial charge in [-0.3, -0.25) is 4.72 Å². The number of aryl methyl sites for hydroxylation is 1. The van der Waals surface area contributed by atoms with Gasteiger partial charge in [0.15, 0.2) is 6.61 Å². The Balaban J connectivity index is 2.46. The average molecular weight is 280 g/mol. The third kappa shape index (κ3) is 3.38. The molecule has 0 atom stereocenters. The molecule has 0 aliphatic heterocycles. The van der Waals surface area contributed by atoms with E-state index in [0.29, 0.717) is 11.4 Å². The molecule has 0 fully saturated rings. The summed E-state index contributed by atoms with van der Waals surface area (Å²) >= 11 is 0. The molecule has 1 N–H and O–H groups in total. The molecule has 0 saturated carbocycles. The van der Waals surface area contributed by atoms with Crippen molar-refractivity contribution in [2.75, 3.05) is 17.6 Å². The summed E-state index contributed by atoms with van der Waals surface area (Å²) in [6.07, 6.45) is 5.05. The minimum atomic E-state index is -3.37. The number of benzene rings is 1. The first kappa shape index (κ1) is 13.7. The number of ether oxygens (including phenoxy) is 1. The summed E-state index contributed by atoms with van der Waals surface area (Å²) < 4.78 is 30.8. The van der Waals surface area contributed by atoms with Gasteiger partial charge in [-0.25, -0.2) is 8.42 Å². The van der Waals surface area contributed by atoms with Gasteiger partial charge in [0.25, 0.3) is 0 Å². The molecule has 102 valence electrons. The summed E-state index contributed by atoms with van der Waals surface area (Å²) in [4.78, 5) is 0. The van der Waals surface area contributed by atoms with E-state index < -0.39 is 10.0 Å². The number of fused-ring (bicyclic) bond motifs is 1. The number of sulfonamides is 1. The highest BCUT2D eigenvalue weighted by Gasteiger charge is 2.19. The van der Waals surface area contributed by atoms with Crippen LogP contribution in [-0.4, -0.2) is 21.3 Å². The zero-order chi connectivity index (χ0) is 13.9. The highest BCUT2D eigenvalue weighted by molar-refractivity contribution is 7.92. The first-order valence-electron chi connectivity index (χ1n) is 6.13. The minimum Gasteiger partial charge on any atom is -0.477 e. The maximum Gasteiger partial charge on any atom is 0.229 e. The van der Waals surface area contributed by atoms with Crippen LogP contribution in [-0.2, 0) is 22.9 Å². The van der Waals surface area contributed by atoms with Gasteiger partial charge >= 0.3 is 0 Å². The standard InChI is InChI=1S/C13H16N2O3S/c1-19(16,17)15-13-11-5-3-2-4-10(11)6-7-12(13)18-9-8-14/h6-7,15H,2-5,9H2,1H3. The highest BCUT2D eigenvalue weighted by atomic mass is 32.2. The van der Waals surface area contributed by atoms with Gasteiger partial charge in [0.2, 0.25) is 10.0 Å². The summed E-state index contributed by atoms with van der Waals surface area (Å²) in [7, 11) is -3.37. The molecule has 0 heterocycles. The van der Waals surface area contributed by atoms with Gasteiger partial charge in [0.1, 0.15) is 11.8 Å². The quantitative estimate of drug-likeness (QED) is 0.912. The molecular formula is C13H16N2O3S. The lowest BCUT2D eigenvalue weighted by atomic mass is 9.90. The molecule has 0 amide bonds. The number of anilines is 1. The molecular weight excluding hydrogens is 264 g/mol. The van der Waals surface area contributed by atoms with Gasteiger partial charge in [-0.15, -0.1) is 0 Å². The number of rotatable bonds is 4. The van der Waals surface area contributed by atoms with Crippen LogP contribution >= 0.6 is 0 Å². The van der Waals surface area contributed by atoms with Crippen LogP contribution in [0.5, 0.6) is 5.75 Å². The molecule has 0 saturated heterocycles. The molecule has 1 aliphatic rings. The highest BCUT2D eigenvalue weighted by Crippen LogP contribution is 2.36. The van der Waals surface area contributed by atoms with Crippen molar-refractivity contribution in [1.29, 1.82) is 5.26 Å². The molecule has 0 bridgehead atoms. The maximum atomic E-state index is 11.5. The van der Waals surface area contributed by atoms with E-state index in [1.807, 2.05) is 12.1 Å². The van der Waals surface area contributed by atoms with Crippen molar-refractivity contribution in [3.63, 3.8) is 0 Å². The van der Waals surface area contributed by atoms with Crippen LogP contribution in [0, 0.1) is 11.3 Å². The van der Waals surface area contributed by atoms with E-state index in [-0.39, 0.29) is 6.61 Å². The number of nitrogens with one attached hydrogen (secondary N) is 1. The Labute approximate surface area is 113 Å². The first-order chi connectivity index (χ1) is 9.01. The van der Waals surface area contributed by atoms with Crippen LogP contribution in [0.2, 0.25) is 0 Å². The van der Waals surface area contributed by atoms with E-state index in [4.69, 9.17) is 10.00 Å². The monoisotopic (exact) mass is 280 g/mol. The molecule has 0 radical (unpaired) electrons. The van der Waals surface area contributed by atoms with Gasteiger partial charge in [0, 0.05) is 0 Å². The van der Waals surface area contributed by atoms with Crippen molar-refractivity contribution >= 4 is 15.7 Å². The Morgan fingerprint density at radius 2 is 2.11 bits per heavy atom. The molecule has 0 unspecified atom stereocenters. The third-order valence-corrected chi connectivity index (χ3v) is 3.65. The fraction of sp³-hybridized carbons (Fsp3) is 0.462. The molecule has 1 aliphatic carbocycles. The van der Waals surface area contributed by atoms with Crippen molar-refractivity contribution in [3.8, 4) is 11.8 Å². The summed E-state index contributed by atoms with van der Waals surface area (Å²) in [5, 5.41) is 8.58. The van der Waals surface area contributed by atoms with Gasteiger partial charge in [-0.2, -0.15) is 5.26 Å². The summed E-state index contributed by atoms with van der Waals surface area (Å²) in [6.45, 7) is -0.1000. The van der Waals surface area contributed by atoms with Crippen molar-refractivity contribution in [2.24, 2.45) is 0 Å². The molecule has 5 nitrogen and oxygen atoms in total. The van der Waals surface area contributed by atoms with Crippen molar-refractivity contribution in [1.82, 2.24) is 0 Å². The van der Waals surface area contributed by atoms with E-state index in [1.54, 1.807) is 6.07 Å². The van der Waals surface area contributed by atoms with E-state index in [9.17, 15) is 8.42 Å². The van der Waals surface area contributed by atoms with Gasteiger partial charge < -0.3 is 4.74 Å². The maximum absolute atomic E-state index is 11.5. The molecule has 0 aromatic heterocycles. The second-order valence-corrected chi connectivity index (χ2v) is 6.35. The van der Waals surface area contributed by atoms with E-state index >= 15 is 0 Å². The molecule has 6 heteroatoms. The lowest BCUT2D eigenvalue weighted by Gasteiger charge is -2.22. The Morgan fingerprint density at radius 3 is 2.79 bits per heavy atom. The van der Waals surface area contributed by atoms with Crippen LogP contribution < -0.4 is 9.46 Å². The number of hydrogen-bond acceptors (Lipinski definition) is 4. The lowest BCUT2D eigenvalue weighted by Crippen LogP contribution is -2.15. The van der Waals surface area contributed by atoms with Gasteiger partial charge in [0.05, 0.1) is 11.9 Å². The second kappa shape index (κ2) is 5.49. The Kier molecular flexibility index (Phi) is 3.96. The SMILES string of the molecule is CS(=O)(=O)Nc1c(OCC#N)ccc2c1CCCC2. The Hall–Kier alpha value is -1.74. The lowest BCUT2D eigenvalue weighted by molar-refractivity contribution is 0.369. The van der Waals surface area contributed by atoms with Crippen LogP contribution in [0.1, 0.15) is 24.0 Å². The molecule has 1 aromatic rings. The third-order valence-electron chi connectivity index (χ3n) is 3.07. The van der Waals surface area contributed by atoms with Crippen LogP contribution in [0.25, 0.3) is 0 Å². The predicted molar refractivity (Wildman–Crippen MR) is 72.7 cm³/mol. The zero-order valence-electron chi connectivity index (χ0n) is 10.8. The Bertz CT molecular complexity index is 618. The minimum absolute atomic E-state index is 0.1000. The second-order valence-electron chi connectivity index (χ2n) is 4.60. The predicted octanol–water partition coefficient (Wildman–Crippen LogP) is 1.84. The summed E-state index contributed by atoms with van der Waals surface area (Å²) in [5.74, 6) is 0.424. The van der Waals surface area contributed by atoms with Crippen molar-refractivity contribution in [2.45, 2.75) is 25.7 Å². The smallest absolute Gasteiger partial charge is 0.229 e. The first-order valence-corrected chi connectivity index (χ1v) is 8.02. The van der Waals surface area contributed by atoms with Gasteiger partial charge in [-0.1, -0.05) is 6.07 Å². The molecule has 1 aromatic carbocycles. The van der Waals surface area contributed by atoms with E-state index in [0.717, 1.165) is 43.1 Å². The van der Waals surface area contributed by atoms with Gasteiger partial charge in [-0.05, 0) is 42.9 Å². The molecule has 19 heavy (non-hydrogen) atoms. The summed E-state index contributed by atoms with van der Waals surface area (Å²) in [6, 6.07) is 5.57. The number of nitriles is 1. The largest absolute Gasteiger partial charge is 0.477 e. The summed E-state index contributed by atoms with van der Waals surface area (Å²) in [5.41, 5.74) is 2.64. The molecule has 0 spiro atoms. The van der Waals surface area contributed by atoms with Crippen LogP contribution in [0.3, 0.4) is 0 Å². The van der Waals surface area contributed by atoms with Crippen molar-refractivity contribution < 1.29 is 13.2 Å². The normalized spacial score (nSPS) is 14.3. The Morgan fingerprint density at radius 1 is 1.37 bits per heavy atom. The fourth-order valence-corrected chi connectivity index (χ4v) is 2.93. The van der Waals surface area contributed by atoms with E-state index in [2.05, 4.69) is 4.72 Å². The van der Waals surface area contributed by atoms with Crippen molar-refractivity contribution in [3.05, 3.63) is 23.3 Å². The fourth-order valence-electron chi connectivity index (χ4n) is 2.33. The average Bonchev–Trinajstić information content (AvgIpc) is 2.36. The zero-order valence-corrected chi connectivity index (χ0v) is 11.6. The topological polar surface area (TPSA) is 79.2 Å². The molecule has 2 rings (SSSR count).